The minimum absolute atomic E-state index is 0.116. The van der Waals surface area contributed by atoms with Crippen LogP contribution in [0, 0.1) is 5.92 Å². The van der Waals surface area contributed by atoms with Crippen LogP contribution in [0.2, 0.25) is 0 Å². The number of carbonyl (C=O) groups is 1. The summed E-state index contributed by atoms with van der Waals surface area (Å²) in [6.07, 6.45) is 8.86. The molecule has 2 fully saturated rings. The fourth-order valence-electron chi connectivity index (χ4n) is 3.86. The second-order valence-electron chi connectivity index (χ2n) is 6.62. The van der Waals surface area contributed by atoms with Crippen molar-refractivity contribution in [1.82, 2.24) is 20.3 Å². The van der Waals surface area contributed by atoms with Gasteiger partial charge in [-0.05, 0) is 55.9 Å². The van der Waals surface area contributed by atoms with E-state index in [0.717, 1.165) is 24.2 Å². The van der Waals surface area contributed by atoms with Crippen LogP contribution in [0.3, 0.4) is 0 Å². The minimum Gasteiger partial charge on any atom is -0.326 e. The van der Waals surface area contributed by atoms with Crippen LogP contribution in [0.1, 0.15) is 32.1 Å². The number of anilines is 1. The maximum atomic E-state index is 12.3. The lowest BCUT2D eigenvalue weighted by Gasteiger charge is -2.28. The number of carbonyl (C=O) groups excluding carboxylic acids is 1. The van der Waals surface area contributed by atoms with Crippen molar-refractivity contribution >= 4 is 11.6 Å². The van der Waals surface area contributed by atoms with Gasteiger partial charge in [-0.1, -0.05) is 5.21 Å². The quantitative estimate of drug-likeness (QED) is 0.907. The minimum atomic E-state index is 0.116. The number of rotatable bonds is 4. The summed E-state index contributed by atoms with van der Waals surface area (Å²) in [5, 5.41) is 14.4. The first kappa shape index (κ1) is 14.4. The fourth-order valence-corrected chi connectivity index (χ4v) is 3.86. The number of benzene rings is 1. The number of hydrogen-bond donors (Lipinski definition) is 2. The van der Waals surface area contributed by atoms with Crippen LogP contribution in [-0.2, 0) is 4.79 Å². The Labute approximate surface area is 135 Å². The number of amides is 1. The first-order valence-electron chi connectivity index (χ1n) is 8.29. The zero-order chi connectivity index (χ0) is 15.6. The monoisotopic (exact) mass is 311 g/mol. The van der Waals surface area contributed by atoms with Gasteiger partial charge in [-0.15, -0.1) is 5.10 Å². The molecule has 2 aliphatic rings. The topological polar surface area (TPSA) is 71.8 Å². The Morgan fingerprint density at radius 1 is 1.22 bits per heavy atom. The van der Waals surface area contributed by atoms with E-state index in [-0.39, 0.29) is 5.91 Å². The van der Waals surface area contributed by atoms with Gasteiger partial charge in [0.15, 0.2) is 0 Å². The van der Waals surface area contributed by atoms with E-state index < -0.39 is 0 Å². The second kappa shape index (κ2) is 6.12. The van der Waals surface area contributed by atoms with Gasteiger partial charge >= 0.3 is 0 Å². The van der Waals surface area contributed by atoms with Crippen LogP contribution in [0.15, 0.2) is 36.7 Å². The van der Waals surface area contributed by atoms with Crippen molar-refractivity contribution in [3.05, 3.63) is 36.7 Å². The summed E-state index contributed by atoms with van der Waals surface area (Å²) >= 11 is 0. The maximum absolute atomic E-state index is 12.3. The molecule has 0 radical (unpaired) electrons. The summed E-state index contributed by atoms with van der Waals surface area (Å²) in [5.41, 5.74) is 1.76. The van der Waals surface area contributed by atoms with Crippen LogP contribution in [0.5, 0.6) is 0 Å². The van der Waals surface area contributed by atoms with Crippen molar-refractivity contribution in [3.8, 4) is 5.69 Å². The highest BCUT2D eigenvalue weighted by Crippen LogP contribution is 2.32. The highest BCUT2D eigenvalue weighted by molar-refractivity contribution is 5.90. The Morgan fingerprint density at radius 2 is 1.96 bits per heavy atom. The lowest BCUT2D eigenvalue weighted by atomic mass is 9.89. The molecule has 0 saturated carbocycles. The summed E-state index contributed by atoms with van der Waals surface area (Å²) in [4.78, 5) is 12.3. The molecule has 2 bridgehead atoms. The molecule has 1 amide bonds. The van der Waals surface area contributed by atoms with Gasteiger partial charge in [0.2, 0.25) is 5.91 Å². The molecule has 120 valence electrons. The molecule has 6 heteroatoms. The first-order chi connectivity index (χ1) is 11.3. The van der Waals surface area contributed by atoms with Crippen LogP contribution >= 0.6 is 0 Å². The van der Waals surface area contributed by atoms with E-state index in [9.17, 15) is 4.79 Å². The third kappa shape index (κ3) is 3.27. The SMILES string of the molecule is O=C(CC1CC2CCC(C1)N2)Nc1ccc(-n2ccnn2)cc1. The molecular weight excluding hydrogens is 290 g/mol. The molecule has 23 heavy (non-hydrogen) atoms. The first-order valence-corrected chi connectivity index (χ1v) is 8.29. The van der Waals surface area contributed by atoms with Crippen molar-refractivity contribution in [2.75, 3.05) is 5.32 Å². The molecule has 1 aromatic carbocycles. The molecule has 3 heterocycles. The number of hydrogen-bond acceptors (Lipinski definition) is 4. The molecule has 2 N–H and O–H groups in total. The van der Waals surface area contributed by atoms with Crippen molar-refractivity contribution < 1.29 is 4.79 Å². The summed E-state index contributed by atoms with van der Waals surface area (Å²) in [5.74, 6) is 0.632. The molecule has 2 atom stereocenters. The molecule has 4 rings (SSSR count). The summed E-state index contributed by atoms with van der Waals surface area (Å²) in [7, 11) is 0. The molecule has 2 unspecified atom stereocenters. The van der Waals surface area contributed by atoms with E-state index in [1.165, 1.54) is 12.8 Å². The van der Waals surface area contributed by atoms with Gasteiger partial charge in [0.25, 0.3) is 0 Å². The summed E-state index contributed by atoms with van der Waals surface area (Å²) in [6.45, 7) is 0. The highest BCUT2D eigenvalue weighted by Gasteiger charge is 2.34. The number of nitrogens with one attached hydrogen (secondary N) is 2. The van der Waals surface area contributed by atoms with Crippen molar-refractivity contribution in [1.29, 1.82) is 0 Å². The largest absolute Gasteiger partial charge is 0.326 e. The average molecular weight is 311 g/mol. The Hall–Kier alpha value is -2.21. The molecule has 0 spiro atoms. The van der Waals surface area contributed by atoms with Crippen LogP contribution < -0.4 is 10.6 Å². The standard InChI is InChI=1S/C17H21N5O/c23-17(11-12-9-14-1-2-15(10-12)19-14)20-13-3-5-16(6-4-13)22-8-7-18-21-22/h3-8,12,14-15,19H,1-2,9-11H2,(H,20,23). The zero-order valence-corrected chi connectivity index (χ0v) is 13.0. The Morgan fingerprint density at radius 3 is 2.61 bits per heavy atom. The third-order valence-electron chi connectivity index (χ3n) is 4.88. The summed E-state index contributed by atoms with van der Waals surface area (Å²) in [6, 6.07) is 8.92. The van der Waals surface area contributed by atoms with Crippen LogP contribution in [-0.4, -0.2) is 33.0 Å². The lowest BCUT2D eigenvalue weighted by Crippen LogP contribution is -2.39. The van der Waals surface area contributed by atoms with Crippen molar-refractivity contribution in [3.63, 3.8) is 0 Å². The van der Waals surface area contributed by atoms with E-state index in [4.69, 9.17) is 0 Å². The number of fused-ring (bicyclic) bond motifs is 2. The van der Waals surface area contributed by atoms with Crippen molar-refractivity contribution in [2.24, 2.45) is 5.92 Å². The maximum Gasteiger partial charge on any atom is 0.224 e. The van der Waals surface area contributed by atoms with Gasteiger partial charge in [-0.3, -0.25) is 4.79 Å². The van der Waals surface area contributed by atoms with Gasteiger partial charge in [0, 0.05) is 24.2 Å². The molecular formula is C17H21N5O. The average Bonchev–Trinajstić information content (AvgIpc) is 3.18. The van der Waals surface area contributed by atoms with Crippen LogP contribution in [0.4, 0.5) is 5.69 Å². The Kier molecular flexibility index (Phi) is 3.83. The van der Waals surface area contributed by atoms with Gasteiger partial charge in [-0.2, -0.15) is 0 Å². The van der Waals surface area contributed by atoms with Gasteiger partial charge < -0.3 is 10.6 Å². The highest BCUT2D eigenvalue weighted by atomic mass is 16.1. The normalized spacial score (nSPS) is 26.2. The van der Waals surface area contributed by atoms with E-state index in [0.29, 0.717) is 24.4 Å². The molecule has 1 aromatic heterocycles. The number of aromatic nitrogens is 3. The number of piperidine rings is 1. The van der Waals surface area contributed by atoms with Crippen molar-refractivity contribution in [2.45, 2.75) is 44.2 Å². The second-order valence-corrected chi connectivity index (χ2v) is 6.62. The van der Waals surface area contributed by atoms with E-state index in [1.54, 1.807) is 17.1 Å². The lowest BCUT2D eigenvalue weighted by molar-refractivity contribution is -0.117. The predicted molar refractivity (Wildman–Crippen MR) is 87.3 cm³/mol. The van der Waals surface area contributed by atoms with Gasteiger partial charge in [0.1, 0.15) is 0 Å². The Bertz CT molecular complexity index is 655. The van der Waals surface area contributed by atoms with E-state index in [1.807, 2.05) is 24.3 Å². The molecule has 2 saturated heterocycles. The Balaban J connectivity index is 1.33. The van der Waals surface area contributed by atoms with Gasteiger partial charge in [-0.25, -0.2) is 4.68 Å². The van der Waals surface area contributed by atoms with Gasteiger partial charge in [0.05, 0.1) is 18.1 Å². The molecule has 0 aliphatic carbocycles. The molecule has 2 aliphatic heterocycles. The fraction of sp³-hybridized carbons (Fsp3) is 0.471. The van der Waals surface area contributed by atoms with E-state index in [2.05, 4.69) is 20.9 Å². The number of nitrogens with zero attached hydrogens (tertiary/aromatic N) is 3. The predicted octanol–water partition coefficient (Wildman–Crippen LogP) is 2.13. The van der Waals surface area contributed by atoms with Crippen LogP contribution in [0.25, 0.3) is 5.69 Å². The molecule has 6 nitrogen and oxygen atoms in total. The third-order valence-corrected chi connectivity index (χ3v) is 4.88. The van der Waals surface area contributed by atoms with E-state index >= 15 is 0 Å². The molecule has 2 aromatic rings. The summed E-state index contributed by atoms with van der Waals surface area (Å²) < 4.78 is 1.69. The zero-order valence-electron chi connectivity index (χ0n) is 13.0. The smallest absolute Gasteiger partial charge is 0.224 e.